The molecule has 0 aliphatic carbocycles. The smallest absolute Gasteiger partial charge is 0.229 e. The predicted molar refractivity (Wildman–Crippen MR) is 101 cm³/mol. The van der Waals surface area contributed by atoms with Crippen LogP contribution < -0.4 is 4.90 Å². The molecule has 2 amide bonds. The standard InChI is InChI=1S/C18H23N5O4S/c1-3-4-15-20-21-18(28-15)23-8-11(7-16(23)24)17(25)22-6-5-13-12(9-22)19-14(27-13)10-26-2/h11H,3-10H2,1-2H3. The number of fused-ring (bicyclic) bond motifs is 1. The van der Waals surface area contributed by atoms with Gasteiger partial charge in [0.25, 0.3) is 0 Å². The lowest BCUT2D eigenvalue weighted by Crippen LogP contribution is -2.40. The van der Waals surface area contributed by atoms with E-state index in [1.165, 1.54) is 11.3 Å². The second kappa shape index (κ2) is 7.96. The molecule has 0 N–H and O–H groups in total. The highest BCUT2D eigenvalue weighted by Crippen LogP contribution is 2.30. The number of carbonyl (C=O) groups excluding carboxylic acids is 2. The topological polar surface area (TPSA) is 102 Å². The van der Waals surface area contributed by atoms with Crippen LogP contribution in [-0.4, -0.2) is 52.1 Å². The van der Waals surface area contributed by atoms with E-state index in [0.717, 1.165) is 29.3 Å². The molecule has 1 saturated heterocycles. The van der Waals surface area contributed by atoms with Gasteiger partial charge in [0.15, 0.2) is 0 Å². The van der Waals surface area contributed by atoms with Crippen LogP contribution in [0.1, 0.15) is 42.1 Å². The third kappa shape index (κ3) is 3.66. The molecule has 1 unspecified atom stereocenters. The molecule has 4 heterocycles. The van der Waals surface area contributed by atoms with Crippen molar-refractivity contribution < 1.29 is 18.7 Å². The zero-order valence-electron chi connectivity index (χ0n) is 16.0. The summed E-state index contributed by atoms with van der Waals surface area (Å²) in [6.07, 6.45) is 2.66. The normalized spacial score (nSPS) is 19.4. The maximum atomic E-state index is 13.0. The third-order valence-electron chi connectivity index (χ3n) is 4.98. The largest absolute Gasteiger partial charge is 0.443 e. The van der Waals surface area contributed by atoms with Crippen LogP contribution in [0.3, 0.4) is 0 Å². The van der Waals surface area contributed by atoms with Gasteiger partial charge in [-0.25, -0.2) is 4.98 Å². The van der Waals surface area contributed by atoms with Crippen LogP contribution in [0.4, 0.5) is 5.13 Å². The Kier molecular flexibility index (Phi) is 5.40. The highest BCUT2D eigenvalue weighted by molar-refractivity contribution is 7.15. The summed E-state index contributed by atoms with van der Waals surface area (Å²) in [7, 11) is 1.59. The Morgan fingerprint density at radius 2 is 2.25 bits per heavy atom. The zero-order valence-corrected chi connectivity index (χ0v) is 16.8. The van der Waals surface area contributed by atoms with Crippen LogP contribution in [-0.2, 0) is 40.3 Å². The number of carbonyl (C=O) groups is 2. The van der Waals surface area contributed by atoms with Gasteiger partial charge in [-0.15, -0.1) is 10.2 Å². The fourth-order valence-electron chi connectivity index (χ4n) is 3.61. The average molecular weight is 405 g/mol. The number of hydrogen-bond acceptors (Lipinski definition) is 8. The van der Waals surface area contributed by atoms with Crippen molar-refractivity contribution in [3.8, 4) is 0 Å². The number of aromatic nitrogens is 3. The minimum absolute atomic E-state index is 0.0175. The van der Waals surface area contributed by atoms with Gasteiger partial charge in [-0.3, -0.25) is 14.5 Å². The van der Waals surface area contributed by atoms with Crippen LogP contribution >= 0.6 is 11.3 Å². The molecule has 4 rings (SSSR count). The average Bonchev–Trinajstić information content (AvgIpc) is 3.39. The Bertz CT molecular complexity index is 879. The van der Waals surface area contributed by atoms with Gasteiger partial charge in [0.2, 0.25) is 22.8 Å². The first-order valence-corrected chi connectivity index (χ1v) is 10.3. The first-order valence-electron chi connectivity index (χ1n) is 9.47. The van der Waals surface area contributed by atoms with Gasteiger partial charge in [0.1, 0.15) is 23.1 Å². The van der Waals surface area contributed by atoms with E-state index in [0.29, 0.717) is 43.7 Å². The Morgan fingerprint density at radius 3 is 3.04 bits per heavy atom. The number of aryl methyl sites for hydroxylation is 1. The molecule has 0 saturated carbocycles. The van der Waals surface area contributed by atoms with Crippen LogP contribution in [0, 0.1) is 5.92 Å². The first-order chi connectivity index (χ1) is 13.6. The van der Waals surface area contributed by atoms with Crippen molar-refractivity contribution in [2.24, 2.45) is 5.92 Å². The molecule has 0 aromatic carbocycles. The van der Waals surface area contributed by atoms with E-state index >= 15 is 0 Å². The van der Waals surface area contributed by atoms with Crippen LogP contribution in [0.2, 0.25) is 0 Å². The monoisotopic (exact) mass is 405 g/mol. The van der Waals surface area contributed by atoms with Gasteiger partial charge in [-0.05, 0) is 6.42 Å². The summed E-state index contributed by atoms with van der Waals surface area (Å²) in [6.45, 7) is 3.72. The van der Waals surface area contributed by atoms with Gasteiger partial charge >= 0.3 is 0 Å². The molecule has 9 nitrogen and oxygen atoms in total. The first kappa shape index (κ1) is 19.0. The van der Waals surface area contributed by atoms with E-state index in [1.807, 2.05) is 0 Å². The summed E-state index contributed by atoms with van der Waals surface area (Å²) >= 11 is 1.43. The van der Waals surface area contributed by atoms with Crippen molar-refractivity contribution in [2.75, 3.05) is 25.1 Å². The van der Waals surface area contributed by atoms with E-state index < -0.39 is 0 Å². The van der Waals surface area contributed by atoms with Crippen molar-refractivity contribution >= 4 is 28.3 Å². The number of nitrogens with zero attached hydrogens (tertiary/aromatic N) is 5. The number of methoxy groups -OCH3 is 1. The van der Waals surface area contributed by atoms with Crippen LogP contribution in [0.15, 0.2) is 4.42 Å². The van der Waals surface area contributed by atoms with E-state index in [1.54, 1.807) is 16.9 Å². The molecule has 28 heavy (non-hydrogen) atoms. The van der Waals surface area contributed by atoms with Crippen molar-refractivity contribution in [1.29, 1.82) is 0 Å². The highest BCUT2D eigenvalue weighted by Gasteiger charge is 2.39. The summed E-state index contributed by atoms with van der Waals surface area (Å²) < 4.78 is 10.7. The summed E-state index contributed by atoms with van der Waals surface area (Å²) in [4.78, 5) is 33.3. The minimum atomic E-state index is -0.363. The van der Waals surface area contributed by atoms with Gasteiger partial charge < -0.3 is 14.1 Å². The van der Waals surface area contributed by atoms with Crippen LogP contribution in [0.25, 0.3) is 0 Å². The lowest BCUT2D eigenvalue weighted by Gasteiger charge is -2.27. The lowest BCUT2D eigenvalue weighted by atomic mass is 10.0. The number of anilines is 1. The minimum Gasteiger partial charge on any atom is -0.443 e. The Hall–Kier alpha value is -2.33. The fraction of sp³-hybridized carbons (Fsp3) is 0.611. The van der Waals surface area contributed by atoms with Crippen molar-refractivity contribution in [2.45, 2.75) is 45.8 Å². The SMILES string of the molecule is CCCc1nnc(N2CC(C(=O)N3CCc4oc(COC)nc4C3)CC2=O)s1. The van der Waals surface area contributed by atoms with E-state index in [2.05, 4.69) is 22.1 Å². The van der Waals surface area contributed by atoms with E-state index in [4.69, 9.17) is 9.15 Å². The third-order valence-corrected chi connectivity index (χ3v) is 5.98. The molecular weight excluding hydrogens is 382 g/mol. The number of amides is 2. The van der Waals surface area contributed by atoms with Gasteiger partial charge in [0, 0.05) is 39.5 Å². The molecule has 2 aromatic rings. The molecule has 1 fully saturated rings. The molecule has 1 atom stereocenters. The second-order valence-electron chi connectivity index (χ2n) is 7.05. The molecule has 2 aliphatic heterocycles. The Morgan fingerprint density at radius 1 is 1.39 bits per heavy atom. The molecule has 2 aromatic heterocycles. The number of oxazole rings is 1. The quantitative estimate of drug-likeness (QED) is 0.719. The predicted octanol–water partition coefficient (Wildman–Crippen LogP) is 1.56. The fourth-order valence-corrected chi connectivity index (χ4v) is 4.58. The van der Waals surface area contributed by atoms with Gasteiger partial charge in [-0.1, -0.05) is 18.3 Å². The van der Waals surface area contributed by atoms with E-state index in [-0.39, 0.29) is 24.2 Å². The summed E-state index contributed by atoms with van der Waals surface area (Å²) in [5, 5.41) is 9.78. The maximum Gasteiger partial charge on any atom is 0.229 e. The molecule has 0 bridgehead atoms. The molecule has 10 heteroatoms. The van der Waals surface area contributed by atoms with Crippen LogP contribution in [0.5, 0.6) is 0 Å². The molecule has 2 aliphatic rings. The molecule has 0 radical (unpaired) electrons. The Labute approximate surface area is 166 Å². The van der Waals surface area contributed by atoms with Crippen molar-refractivity contribution in [1.82, 2.24) is 20.1 Å². The van der Waals surface area contributed by atoms with Crippen molar-refractivity contribution in [3.05, 3.63) is 22.4 Å². The summed E-state index contributed by atoms with van der Waals surface area (Å²) in [5.41, 5.74) is 0.779. The van der Waals surface area contributed by atoms with Gasteiger partial charge in [0.05, 0.1) is 12.5 Å². The van der Waals surface area contributed by atoms with E-state index in [9.17, 15) is 9.59 Å². The summed E-state index contributed by atoms with van der Waals surface area (Å²) in [5.74, 6) is 0.897. The highest BCUT2D eigenvalue weighted by atomic mass is 32.1. The number of hydrogen-bond donors (Lipinski definition) is 0. The summed E-state index contributed by atoms with van der Waals surface area (Å²) in [6, 6.07) is 0. The molecular formula is C18H23N5O4S. The van der Waals surface area contributed by atoms with Gasteiger partial charge in [-0.2, -0.15) is 0 Å². The zero-order chi connectivity index (χ0) is 19.7. The molecule has 150 valence electrons. The number of ether oxygens (including phenoxy) is 1. The second-order valence-corrected chi connectivity index (χ2v) is 8.09. The molecule has 0 spiro atoms. The number of rotatable bonds is 6. The Balaban J connectivity index is 1.41. The lowest BCUT2D eigenvalue weighted by molar-refractivity contribution is -0.136. The maximum absolute atomic E-state index is 13.0. The van der Waals surface area contributed by atoms with Crippen molar-refractivity contribution in [3.63, 3.8) is 0 Å².